The van der Waals surface area contributed by atoms with Crippen LogP contribution in [0.25, 0.3) is 0 Å². The van der Waals surface area contributed by atoms with E-state index in [-0.39, 0.29) is 11.9 Å². The molecule has 0 radical (unpaired) electrons. The first-order valence-electron chi connectivity index (χ1n) is 8.97. The SMILES string of the molecule is Cc1cc(C)nc(SCC(=O)N2CCc3sccc3[C@H]2c2ccccc2)n1. The maximum absolute atomic E-state index is 13.1. The Morgan fingerprint density at radius 1 is 1.19 bits per heavy atom. The third-order valence-electron chi connectivity index (χ3n) is 4.69. The van der Waals surface area contributed by atoms with Gasteiger partial charge in [-0.3, -0.25) is 4.79 Å². The van der Waals surface area contributed by atoms with E-state index in [0.717, 1.165) is 29.9 Å². The monoisotopic (exact) mass is 395 g/mol. The highest BCUT2D eigenvalue weighted by Gasteiger charge is 2.32. The summed E-state index contributed by atoms with van der Waals surface area (Å²) in [5, 5.41) is 2.80. The number of nitrogens with zero attached hydrogens (tertiary/aromatic N) is 3. The molecule has 0 N–H and O–H groups in total. The number of fused-ring (bicyclic) bond motifs is 1. The fourth-order valence-corrected chi connectivity index (χ4v) is 5.29. The van der Waals surface area contributed by atoms with Crippen molar-refractivity contribution in [1.82, 2.24) is 14.9 Å². The summed E-state index contributed by atoms with van der Waals surface area (Å²) in [5.74, 6) is 0.486. The standard InChI is InChI=1S/C21H21N3OS2/c1-14-12-15(2)23-21(22-14)27-13-19(25)24-10-8-18-17(9-11-26-18)20(24)16-6-4-3-5-7-16/h3-7,9,11-12,20H,8,10,13H2,1-2H3/t20-/m1/s1. The van der Waals surface area contributed by atoms with Crippen molar-refractivity contribution >= 4 is 29.0 Å². The number of aryl methyl sites for hydroxylation is 2. The molecule has 6 heteroatoms. The van der Waals surface area contributed by atoms with Crippen LogP contribution < -0.4 is 0 Å². The third-order valence-corrected chi connectivity index (χ3v) is 6.52. The summed E-state index contributed by atoms with van der Waals surface area (Å²) in [6, 6.07) is 14.4. The first-order chi connectivity index (χ1) is 13.1. The first-order valence-corrected chi connectivity index (χ1v) is 10.8. The van der Waals surface area contributed by atoms with Gasteiger partial charge in [-0.2, -0.15) is 0 Å². The molecule has 0 spiro atoms. The van der Waals surface area contributed by atoms with Crippen molar-refractivity contribution in [1.29, 1.82) is 0 Å². The minimum Gasteiger partial charge on any atom is -0.330 e. The highest BCUT2D eigenvalue weighted by atomic mass is 32.2. The van der Waals surface area contributed by atoms with E-state index in [1.54, 1.807) is 11.3 Å². The normalized spacial score (nSPS) is 16.2. The van der Waals surface area contributed by atoms with Gasteiger partial charge in [0.25, 0.3) is 0 Å². The summed E-state index contributed by atoms with van der Waals surface area (Å²) in [6.07, 6.45) is 0.923. The molecule has 1 aliphatic heterocycles. The van der Waals surface area contributed by atoms with Crippen molar-refractivity contribution in [2.24, 2.45) is 0 Å². The molecule has 4 nitrogen and oxygen atoms in total. The van der Waals surface area contributed by atoms with E-state index < -0.39 is 0 Å². The predicted molar refractivity (Wildman–Crippen MR) is 110 cm³/mol. The zero-order valence-corrected chi connectivity index (χ0v) is 17.0. The van der Waals surface area contributed by atoms with E-state index >= 15 is 0 Å². The van der Waals surface area contributed by atoms with Gasteiger partial charge in [-0.15, -0.1) is 11.3 Å². The minimum atomic E-state index is -0.00513. The Hall–Kier alpha value is -2.18. The van der Waals surface area contributed by atoms with E-state index in [9.17, 15) is 4.79 Å². The maximum atomic E-state index is 13.1. The van der Waals surface area contributed by atoms with Gasteiger partial charge < -0.3 is 4.90 Å². The molecule has 0 bridgehead atoms. The van der Waals surface area contributed by atoms with E-state index in [4.69, 9.17) is 0 Å². The Kier molecular flexibility index (Phi) is 5.27. The lowest BCUT2D eigenvalue weighted by Crippen LogP contribution is -2.41. The molecule has 0 aliphatic carbocycles. The van der Waals surface area contributed by atoms with Crippen LogP contribution in [-0.2, 0) is 11.2 Å². The molecular weight excluding hydrogens is 374 g/mol. The van der Waals surface area contributed by atoms with E-state index in [0.29, 0.717) is 10.9 Å². The lowest BCUT2D eigenvalue weighted by atomic mass is 9.93. The van der Waals surface area contributed by atoms with Crippen LogP contribution in [0.1, 0.15) is 33.4 Å². The summed E-state index contributed by atoms with van der Waals surface area (Å²) in [4.78, 5) is 25.4. The Morgan fingerprint density at radius 3 is 2.67 bits per heavy atom. The molecule has 1 atom stereocenters. The Balaban J connectivity index is 1.56. The van der Waals surface area contributed by atoms with Crippen molar-refractivity contribution in [2.45, 2.75) is 31.5 Å². The second-order valence-electron chi connectivity index (χ2n) is 6.67. The van der Waals surface area contributed by atoms with Crippen LogP contribution in [0.5, 0.6) is 0 Å². The lowest BCUT2D eigenvalue weighted by molar-refractivity contribution is -0.130. The molecule has 138 valence electrons. The summed E-state index contributed by atoms with van der Waals surface area (Å²) in [6.45, 7) is 4.66. The Labute approximate surface area is 167 Å². The van der Waals surface area contributed by atoms with E-state index in [1.807, 2.05) is 43.0 Å². The molecule has 1 aliphatic rings. The van der Waals surface area contributed by atoms with Crippen LogP contribution >= 0.6 is 23.1 Å². The smallest absolute Gasteiger partial charge is 0.233 e. The van der Waals surface area contributed by atoms with Crippen molar-refractivity contribution < 1.29 is 4.79 Å². The molecule has 3 heterocycles. The zero-order chi connectivity index (χ0) is 18.8. The van der Waals surface area contributed by atoms with Gasteiger partial charge in [-0.1, -0.05) is 42.1 Å². The molecule has 27 heavy (non-hydrogen) atoms. The van der Waals surface area contributed by atoms with Crippen molar-refractivity contribution in [2.75, 3.05) is 12.3 Å². The van der Waals surface area contributed by atoms with Gasteiger partial charge >= 0.3 is 0 Å². The largest absolute Gasteiger partial charge is 0.330 e. The van der Waals surface area contributed by atoms with Crippen molar-refractivity contribution in [3.05, 3.63) is 75.2 Å². The molecule has 0 saturated carbocycles. The average molecular weight is 396 g/mol. The molecule has 1 amide bonds. The molecule has 4 rings (SSSR count). The van der Waals surface area contributed by atoms with Crippen LogP contribution in [0.2, 0.25) is 0 Å². The highest BCUT2D eigenvalue weighted by molar-refractivity contribution is 7.99. The average Bonchev–Trinajstić information content (AvgIpc) is 3.14. The molecular formula is C21H21N3OS2. The number of thiophene rings is 1. The van der Waals surface area contributed by atoms with Crippen molar-refractivity contribution in [3.8, 4) is 0 Å². The van der Waals surface area contributed by atoms with Crippen molar-refractivity contribution in [3.63, 3.8) is 0 Å². The predicted octanol–water partition coefficient (Wildman–Crippen LogP) is 4.42. The summed E-state index contributed by atoms with van der Waals surface area (Å²) in [7, 11) is 0. The molecule has 0 saturated heterocycles. The first kappa shape index (κ1) is 18.2. The number of hydrogen-bond donors (Lipinski definition) is 0. The number of aromatic nitrogens is 2. The van der Waals surface area contributed by atoms with Gasteiger partial charge in [0.15, 0.2) is 5.16 Å². The number of hydrogen-bond acceptors (Lipinski definition) is 5. The van der Waals surface area contributed by atoms with Gasteiger partial charge in [-0.05, 0) is 48.9 Å². The number of benzene rings is 1. The van der Waals surface area contributed by atoms with Gasteiger partial charge in [0.1, 0.15) is 0 Å². The topological polar surface area (TPSA) is 46.1 Å². The fraction of sp³-hybridized carbons (Fsp3) is 0.286. The molecule has 0 fully saturated rings. The number of carbonyl (C=O) groups is 1. The van der Waals surface area contributed by atoms with Gasteiger partial charge in [0.05, 0.1) is 11.8 Å². The second-order valence-corrected chi connectivity index (χ2v) is 8.61. The summed E-state index contributed by atoms with van der Waals surface area (Å²) < 4.78 is 0. The zero-order valence-electron chi connectivity index (χ0n) is 15.4. The Bertz CT molecular complexity index is 935. The van der Waals surface area contributed by atoms with Crippen LogP contribution in [0, 0.1) is 13.8 Å². The molecule has 0 unspecified atom stereocenters. The number of rotatable bonds is 4. The summed E-state index contributed by atoms with van der Waals surface area (Å²) >= 11 is 3.21. The number of amides is 1. The van der Waals surface area contributed by atoms with Gasteiger partial charge in [-0.25, -0.2) is 9.97 Å². The molecule has 1 aromatic carbocycles. The van der Waals surface area contributed by atoms with Crippen LogP contribution in [0.3, 0.4) is 0 Å². The van der Waals surface area contributed by atoms with Crippen LogP contribution in [-0.4, -0.2) is 33.1 Å². The van der Waals surface area contributed by atoms with E-state index in [2.05, 4.69) is 33.5 Å². The third kappa shape index (κ3) is 3.92. The molecule has 3 aromatic rings. The minimum absolute atomic E-state index is 0.00513. The highest BCUT2D eigenvalue weighted by Crippen LogP contribution is 2.38. The van der Waals surface area contributed by atoms with Gasteiger partial charge in [0.2, 0.25) is 5.91 Å². The maximum Gasteiger partial charge on any atom is 0.233 e. The lowest BCUT2D eigenvalue weighted by Gasteiger charge is -2.36. The number of carbonyl (C=O) groups excluding carboxylic acids is 1. The fourth-order valence-electron chi connectivity index (χ4n) is 3.55. The van der Waals surface area contributed by atoms with E-state index in [1.165, 1.54) is 22.2 Å². The molecule has 2 aromatic heterocycles. The number of thioether (sulfide) groups is 1. The quantitative estimate of drug-likeness (QED) is 0.485. The van der Waals surface area contributed by atoms with Gasteiger partial charge in [0, 0.05) is 22.8 Å². The van der Waals surface area contributed by atoms with Crippen LogP contribution in [0.4, 0.5) is 0 Å². The second kappa shape index (κ2) is 7.82. The summed E-state index contributed by atoms with van der Waals surface area (Å²) in [5.41, 5.74) is 4.29. The van der Waals surface area contributed by atoms with Crippen LogP contribution in [0.15, 0.2) is 53.0 Å². The Morgan fingerprint density at radius 2 is 1.93 bits per heavy atom.